The summed E-state index contributed by atoms with van der Waals surface area (Å²) >= 11 is 1.46. The zero-order chi connectivity index (χ0) is 21.2. The maximum absolute atomic E-state index is 12.1. The first-order valence-corrected chi connectivity index (χ1v) is 10.4. The van der Waals surface area contributed by atoms with Gasteiger partial charge in [0, 0.05) is 41.0 Å². The molecule has 0 saturated heterocycles. The molecule has 0 radical (unpaired) electrons. The maximum atomic E-state index is 12.1. The van der Waals surface area contributed by atoms with Gasteiger partial charge >= 0.3 is 6.03 Å². The fourth-order valence-electron chi connectivity index (χ4n) is 2.66. The Morgan fingerprint density at radius 2 is 1.50 bits per heavy atom. The van der Waals surface area contributed by atoms with E-state index in [2.05, 4.69) is 21.3 Å². The molecule has 0 spiro atoms. The first-order valence-electron chi connectivity index (χ1n) is 9.43. The van der Waals surface area contributed by atoms with Crippen molar-refractivity contribution in [2.24, 2.45) is 0 Å². The quantitative estimate of drug-likeness (QED) is 0.401. The van der Waals surface area contributed by atoms with Crippen LogP contribution in [-0.2, 0) is 4.79 Å². The predicted molar refractivity (Wildman–Crippen MR) is 120 cm³/mol. The van der Waals surface area contributed by atoms with E-state index in [1.54, 1.807) is 47.8 Å². The number of para-hydroxylation sites is 1. The van der Waals surface area contributed by atoms with Crippen molar-refractivity contribution in [3.8, 4) is 0 Å². The summed E-state index contributed by atoms with van der Waals surface area (Å²) in [6.07, 6.45) is 0.801. The van der Waals surface area contributed by atoms with Crippen LogP contribution in [0.15, 0.2) is 71.4 Å². The van der Waals surface area contributed by atoms with Crippen molar-refractivity contribution in [3.05, 3.63) is 77.0 Å². The van der Waals surface area contributed by atoms with Gasteiger partial charge in [0.15, 0.2) is 0 Å². The minimum Gasteiger partial charge on any atom is -0.352 e. The molecule has 8 heteroatoms. The first-order chi connectivity index (χ1) is 14.6. The van der Waals surface area contributed by atoms with E-state index in [0.29, 0.717) is 35.6 Å². The van der Waals surface area contributed by atoms with E-state index in [0.717, 1.165) is 0 Å². The molecule has 30 heavy (non-hydrogen) atoms. The van der Waals surface area contributed by atoms with Crippen LogP contribution in [-0.4, -0.2) is 24.4 Å². The monoisotopic (exact) mass is 422 g/mol. The second-order valence-electron chi connectivity index (χ2n) is 6.45. The van der Waals surface area contributed by atoms with Crippen molar-refractivity contribution in [2.75, 3.05) is 22.5 Å². The number of urea groups is 1. The Bertz CT molecular complexity index is 991. The van der Waals surface area contributed by atoms with Gasteiger partial charge in [0.1, 0.15) is 0 Å². The number of rotatable bonds is 8. The van der Waals surface area contributed by atoms with Crippen LogP contribution < -0.4 is 21.3 Å². The second kappa shape index (κ2) is 10.8. The Hall–Kier alpha value is -3.65. The molecule has 3 rings (SSSR count). The zero-order valence-electron chi connectivity index (χ0n) is 16.2. The number of anilines is 3. The van der Waals surface area contributed by atoms with Crippen molar-refractivity contribution in [3.63, 3.8) is 0 Å². The number of carbonyl (C=O) groups is 3. The number of hydrogen-bond acceptors (Lipinski definition) is 4. The van der Waals surface area contributed by atoms with Gasteiger partial charge in [-0.3, -0.25) is 9.59 Å². The van der Waals surface area contributed by atoms with E-state index >= 15 is 0 Å². The second-order valence-corrected chi connectivity index (χ2v) is 7.23. The summed E-state index contributed by atoms with van der Waals surface area (Å²) in [6.45, 7) is 0.420. The molecule has 1 heterocycles. The van der Waals surface area contributed by atoms with Crippen LogP contribution in [0.1, 0.15) is 23.2 Å². The van der Waals surface area contributed by atoms with Gasteiger partial charge in [0.25, 0.3) is 5.91 Å². The molecule has 0 unspecified atom stereocenters. The summed E-state index contributed by atoms with van der Waals surface area (Å²) in [5.41, 5.74) is 2.46. The van der Waals surface area contributed by atoms with Crippen molar-refractivity contribution in [2.45, 2.75) is 12.8 Å². The van der Waals surface area contributed by atoms with Gasteiger partial charge in [0.05, 0.1) is 0 Å². The zero-order valence-corrected chi connectivity index (χ0v) is 17.0. The lowest BCUT2D eigenvalue weighted by atomic mass is 10.2. The number of nitrogens with one attached hydrogen (secondary N) is 4. The number of benzene rings is 2. The summed E-state index contributed by atoms with van der Waals surface area (Å²) in [5.74, 6) is -0.296. The fourth-order valence-corrected chi connectivity index (χ4v) is 3.30. The summed E-state index contributed by atoms with van der Waals surface area (Å²) < 4.78 is 0. The van der Waals surface area contributed by atoms with Crippen LogP contribution in [0.25, 0.3) is 0 Å². The maximum Gasteiger partial charge on any atom is 0.323 e. The third-order valence-electron chi connectivity index (χ3n) is 4.09. The minimum absolute atomic E-state index is 0.135. The lowest BCUT2D eigenvalue weighted by Crippen LogP contribution is -2.25. The molecule has 0 saturated carbocycles. The lowest BCUT2D eigenvalue weighted by molar-refractivity contribution is -0.116. The predicted octanol–water partition coefficient (Wildman–Crippen LogP) is 4.54. The van der Waals surface area contributed by atoms with Gasteiger partial charge in [0.2, 0.25) is 5.91 Å². The minimum atomic E-state index is -0.369. The fraction of sp³-hybridized carbons (Fsp3) is 0.136. The van der Waals surface area contributed by atoms with Crippen molar-refractivity contribution in [1.82, 2.24) is 5.32 Å². The van der Waals surface area contributed by atoms with Gasteiger partial charge in [-0.25, -0.2) is 4.79 Å². The standard InChI is InChI=1S/C22H22N4O3S/c27-20(10-5-12-23-21(28)16-11-13-30-15-16)24-18-8-4-9-19(14-18)26-22(29)25-17-6-2-1-3-7-17/h1-4,6-9,11,13-15H,5,10,12H2,(H,23,28)(H,24,27)(H2,25,26,29). The molecule has 0 fully saturated rings. The molecule has 154 valence electrons. The Morgan fingerprint density at radius 3 is 2.23 bits per heavy atom. The normalized spacial score (nSPS) is 10.1. The van der Waals surface area contributed by atoms with Crippen LogP contribution in [0.3, 0.4) is 0 Å². The van der Waals surface area contributed by atoms with E-state index in [4.69, 9.17) is 0 Å². The highest BCUT2D eigenvalue weighted by Gasteiger charge is 2.07. The van der Waals surface area contributed by atoms with E-state index in [-0.39, 0.29) is 24.3 Å². The van der Waals surface area contributed by atoms with E-state index < -0.39 is 0 Å². The molecule has 0 atom stereocenters. The highest BCUT2D eigenvalue weighted by Crippen LogP contribution is 2.16. The SMILES string of the molecule is O=C(CCCNC(=O)c1ccsc1)Nc1cccc(NC(=O)Nc2ccccc2)c1. The van der Waals surface area contributed by atoms with E-state index in [1.165, 1.54) is 11.3 Å². The number of thiophene rings is 1. The molecule has 4 N–H and O–H groups in total. The van der Waals surface area contributed by atoms with Gasteiger partial charge in [-0.1, -0.05) is 24.3 Å². The van der Waals surface area contributed by atoms with Gasteiger partial charge in [-0.2, -0.15) is 11.3 Å². The summed E-state index contributed by atoms with van der Waals surface area (Å²) in [6, 6.07) is 17.4. The molecule has 0 aliphatic heterocycles. The summed E-state index contributed by atoms with van der Waals surface area (Å²) in [7, 11) is 0. The largest absolute Gasteiger partial charge is 0.352 e. The number of hydrogen-bond donors (Lipinski definition) is 4. The Labute approximate surface area is 178 Å². The smallest absolute Gasteiger partial charge is 0.323 e. The lowest BCUT2D eigenvalue weighted by Gasteiger charge is -2.10. The van der Waals surface area contributed by atoms with E-state index in [9.17, 15) is 14.4 Å². The van der Waals surface area contributed by atoms with Crippen LogP contribution in [0, 0.1) is 0 Å². The molecule has 0 aliphatic carbocycles. The van der Waals surface area contributed by atoms with Crippen LogP contribution in [0.4, 0.5) is 21.9 Å². The van der Waals surface area contributed by atoms with Crippen LogP contribution in [0.5, 0.6) is 0 Å². The Balaban J connectivity index is 1.41. The molecular formula is C22H22N4O3S. The van der Waals surface area contributed by atoms with Crippen molar-refractivity contribution >= 4 is 46.2 Å². The molecular weight excluding hydrogens is 400 g/mol. The van der Waals surface area contributed by atoms with Crippen LogP contribution >= 0.6 is 11.3 Å². The Morgan fingerprint density at radius 1 is 0.800 bits per heavy atom. The molecule has 4 amide bonds. The van der Waals surface area contributed by atoms with E-state index in [1.807, 2.05) is 23.6 Å². The van der Waals surface area contributed by atoms with Gasteiger partial charge in [-0.15, -0.1) is 0 Å². The van der Waals surface area contributed by atoms with Gasteiger partial charge in [-0.05, 0) is 48.2 Å². The number of carbonyl (C=O) groups excluding carboxylic acids is 3. The molecule has 1 aromatic heterocycles. The third kappa shape index (κ3) is 6.75. The third-order valence-corrected chi connectivity index (χ3v) is 4.77. The Kier molecular flexibility index (Phi) is 7.57. The first kappa shape index (κ1) is 21.1. The topological polar surface area (TPSA) is 99.3 Å². The molecule has 2 aromatic carbocycles. The number of amides is 4. The average Bonchev–Trinajstić information content (AvgIpc) is 3.27. The molecule has 7 nitrogen and oxygen atoms in total. The van der Waals surface area contributed by atoms with Crippen molar-refractivity contribution in [1.29, 1.82) is 0 Å². The highest BCUT2D eigenvalue weighted by atomic mass is 32.1. The molecule has 3 aromatic rings. The van der Waals surface area contributed by atoms with Crippen LogP contribution in [0.2, 0.25) is 0 Å². The van der Waals surface area contributed by atoms with Crippen molar-refractivity contribution < 1.29 is 14.4 Å². The summed E-state index contributed by atoms with van der Waals surface area (Å²) in [5, 5.41) is 14.7. The highest BCUT2D eigenvalue weighted by molar-refractivity contribution is 7.08. The molecule has 0 aliphatic rings. The summed E-state index contributed by atoms with van der Waals surface area (Å²) in [4.78, 5) is 36.1. The van der Waals surface area contributed by atoms with Gasteiger partial charge < -0.3 is 21.3 Å². The molecule has 0 bridgehead atoms. The average molecular weight is 423 g/mol.